The maximum atomic E-state index is 12.3. The van der Waals surface area contributed by atoms with Gasteiger partial charge in [-0.1, -0.05) is 12.8 Å². The van der Waals surface area contributed by atoms with Crippen molar-refractivity contribution in [2.45, 2.75) is 64.0 Å². The van der Waals surface area contributed by atoms with E-state index in [4.69, 9.17) is 4.74 Å². The van der Waals surface area contributed by atoms with Gasteiger partial charge in [-0.15, -0.1) is 0 Å². The van der Waals surface area contributed by atoms with Gasteiger partial charge in [0, 0.05) is 57.2 Å². The van der Waals surface area contributed by atoms with E-state index in [0.717, 1.165) is 83.0 Å². The number of hydrogen-bond acceptors (Lipinski definition) is 5. The largest absolute Gasteiger partial charge is 0.493 e. The van der Waals surface area contributed by atoms with Crippen LogP contribution in [0.5, 0.6) is 5.75 Å². The zero-order valence-corrected chi connectivity index (χ0v) is 18.7. The molecule has 0 atom stereocenters. The molecule has 0 amide bonds. The summed E-state index contributed by atoms with van der Waals surface area (Å²) in [6, 6.07) is 1.95. The summed E-state index contributed by atoms with van der Waals surface area (Å²) < 4.78 is 42.5. The predicted molar refractivity (Wildman–Crippen MR) is 117 cm³/mol. The van der Waals surface area contributed by atoms with Crippen molar-refractivity contribution in [3.05, 3.63) is 17.8 Å². The number of fused-ring (bicyclic) bond motifs is 1. The number of carbonyl (C=O) groups excluding carboxylic acids is 1. The minimum absolute atomic E-state index is 0.228. The van der Waals surface area contributed by atoms with Crippen LogP contribution in [0.15, 0.2) is 12.3 Å². The minimum atomic E-state index is -4.23. The molecular formula is C24H34F3N3O2. The molecule has 0 N–H and O–H groups in total. The molecule has 3 aliphatic rings. The van der Waals surface area contributed by atoms with Crippen molar-refractivity contribution in [3.63, 3.8) is 0 Å². The topological polar surface area (TPSA) is 45.7 Å². The first kappa shape index (κ1) is 23.3. The third kappa shape index (κ3) is 6.36. The molecule has 1 saturated heterocycles. The maximum absolute atomic E-state index is 12.3. The molecule has 178 valence electrons. The number of nitrogens with zero attached hydrogens (tertiary/aromatic N) is 3. The highest BCUT2D eigenvalue weighted by atomic mass is 19.4. The predicted octanol–water partition coefficient (Wildman–Crippen LogP) is 4.64. The summed E-state index contributed by atoms with van der Waals surface area (Å²) in [7, 11) is 0. The number of anilines is 1. The first-order valence-corrected chi connectivity index (χ1v) is 12.0. The van der Waals surface area contributed by atoms with Gasteiger partial charge in [-0.3, -0.25) is 9.69 Å². The Morgan fingerprint density at radius 3 is 2.53 bits per heavy atom. The van der Waals surface area contributed by atoms with E-state index in [9.17, 15) is 18.0 Å². The molecule has 8 heteroatoms. The van der Waals surface area contributed by atoms with Crippen molar-refractivity contribution < 1.29 is 22.7 Å². The lowest BCUT2D eigenvalue weighted by molar-refractivity contribution is -0.143. The first-order chi connectivity index (χ1) is 15.4. The standard InChI is InChI=1S/C24H34F3N3O2/c25-24(26,27)9-5-20(31)17-19-3-1-18(2-4-19)7-11-29-12-14-30(15-13-29)23-21-8-16-32-22(21)6-10-28-23/h6,10,18-19H,1-5,7-9,11-17H2. The molecule has 2 aliphatic heterocycles. The molecule has 1 aliphatic carbocycles. The van der Waals surface area contributed by atoms with Gasteiger partial charge in [-0.2, -0.15) is 13.2 Å². The zero-order valence-electron chi connectivity index (χ0n) is 18.7. The SMILES string of the molecule is O=C(CCC(F)(F)F)CC1CCC(CCN2CCN(c3nccc4c3CCO4)CC2)CC1. The molecule has 1 aromatic rings. The van der Waals surface area contributed by atoms with E-state index in [-0.39, 0.29) is 18.1 Å². The maximum Gasteiger partial charge on any atom is 0.389 e. The molecule has 3 heterocycles. The van der Waals surface area contributed by atoms with Crippen LogP contribution in [0.2, 0.25) is 0 Å². The molecule has 0 radical (unpaired) electrons. The third-order valence-electron chi connectivity index (χ3n) is 7.30. The molecule has 1 saturated carbocycles. The Kier molecular flexibility index (Phi) is 7.59. The van der Waals surface area contributed by atoms with Crippen molar-refractivity contribution in [2.75, 3.05) is 44.2 Å². The second-order valence-electron chi connectivity index (χ2n) is 9.57. The summed E-state index contributed by atoms with van der Waals surface area (Å²) in [5.74, 6) is 2.79. The highest BCUT2D eigenvalue weighted by Crippen LogP contribution is 2.34. The fourth-order valence-electron chi connectivity index (χ4n) is 5.35. The lowest BCUT2D eigenvalue weighted by Crippen LogP contribution is -2.47. The Morgan fingerprint density at radius 2 is 1.81 bits per heavy atom. The summed E-state index contributed by atoms with van der Waals surface area (Å²) in [4.78, 5) is 21.4. The molecule has 2 fully saturated rings. The van der Waals surface area contributed by atoms with Crippen molar-refractivity contribution in [1.29, 1.82) is 0 Å². The fraction of sp³-hybridized carbons (Fsp3) is 0.750. The molecule has 1 aromatic heterocycles. The van der Waals surface area contributed by atoms with E-state index in [2.05, 4.69) is 14.8 Å². The third-order valence-corrected chi connectivity index (χ3v) is 7.30. The quantitative estimate of drug-likeness (QED) is 0.574. The molecule has 4 rings (SSSR count). The zero-order chi connectivity index (χ0) is 22.6. The minimum Gasteiger partial charge on any atom is -0.493 e. The van der Waals surface area contributed by atoms with Crippen molar-refractivity contribution in [3.8, 4) is 5.75 Å². The number of Topliss-reactive ketones (excluding diaryl/α,β-unsaturated/α-hetero) is 1. The van der Waals surface area contributed by atoms with E-state index in [1.54, 1.807) is 0 Å². The van der Waals surface area contributed by atoms with Crippen LogP contribution in [-0.2, 0) is 11.2 Å². The van der Waals surface area contributed by atoms with Crippen molar-refractivity contribution in [1.82, 2.24) is 9.88 Å². The molecule has 0 unspecified atom stereocenters. The lowest BCUT2D eigenvalue weighted by Gasteiger charge is -2.37. The van der Waals surface area contributed by atoms with Gasteiger partial charge >= 0.3 is 6.18 Å². The fourth-order valence-corrected chi connectivity index (χ4v) is 5.35. The number of pyridine rings is 1. The number of halogens is 3. The number of hydrogen-bond donors (Lipinski definition) is 0. The number of ketones is 1. The summed E-state index contributed by atoms with van der Waals surface area (Å²) in [6.45, 7) is 5.88. The van der Waals surface area contributed by atoms with Gasteiger partial charge in [-0.05, 0) is 43.7 Å². The first-order valence-electron chi connectivity index (χ1n) is 12.0. The Balaban J connectivity index is 1.12. The monoisotopic (exact) mass is 453 g/mol. The smallest absolute Gasteiger partial charge is 0.389 e. The molecule has 0 spiro atoms. The summed E-state index contributed by atoms with van der Waals surface area (Å²) in [5, 5.41) is 0. The Morgan fingerprint density at radius 1 is 1.09 bits per heavy atom. The molecule has 5 nitrogen and oxygen atoms in total. The van der Waals surface area contributed by atoms with E-state index in [1.807, 2.05) is 12.3 Å². The molecule has 32 heavy (non-hydrogen) atoms. The average molecular weight is 454 g/mol. The number of ether oxygens (including phenoxy) is 1. The van der Waals surface area contributed by atoms with Crippen molar-refractivity contribution in [2.24, 2.45) is 11.8 Å². The van der Waals surface area contributed by atoms with Gasteiger partial charge in [0.25, 0.3) is 0 Å². The van der Waals surface area contributed by atoms with Gasteiger partial charge in [0.2, 0.25) is 0 Å². The van der Waals surface area contributed by atoms with Gasteiger partial charge in [0.05, 0.1) is 13.0 Å². The molecule has 0 bridgehead atoms. The van der Waals surface area contributed by atoms with Crippen LogP contribution in [-0.4, -0.2) is 61.2 Å². The molecule has 0 aromatic carbocycles. The van der Waals surface area contributed by atoms with E-state index in [0.29, 0.717) is 12.3 Å². The van der Waals surface area contributed by atoms with Gasteiger partial charge < -0.3 is 9.64 Å². The summed E-state index contributed by atoms with van der Waals surface area (Å²) in [5.41, 5.74) is 1.24. The average Bonchev–Trinajstić information content (AvgIpc) is 3.26. The number of aromatic nitrogens is 1. The number of carbonyl (C=O) groups is 1. The Hall–Kier alpha value is -1.83. The Labute approximate surface area is 188 Å². The van der Waals surface area contributed by atoms with Gasteiger partial charge in [-0.25, -0.2) is 4.98 Å². The second-order valence-corrected chi connectivity index (χ2v) is 9.57. The second kappa shape index (κ2) is 10.4. The van der Waals surface area contributed by atoms with E-state index >= 15 is 0 Å². The van der Waals surface area contributed by atoms with Crippen LogP contribution in [0.4, 0.5) is 19.0 Å². The number of alkyl halides is 3. The van der Waals surface area contributed by atoms with Gasteiger partial charge in [0.1, 0.15) is 17.4 Å². The van der Waals surface area contributed by atoms with Crippen LogP contribution in [0, 0.1) is 11.8 Å². The lowest BCUT2D eigenvalue weighted by atomic mass is 9.78. The number of rotatable bonds is 8. The van der Waals surface area contributed by atoms with Crippen LogP contribution in [0.25, 0.3) is 0 Å². The van der Waals surface area contributed by atoms with Gasteiger partial charge in [0.15, 0.2) is 0 Å². The summed E-state index contributed by atoms with van der Waals surface area (Å²) >= 11 is 0. The Bertz CT molecular complexity index is 770. The van der Waals surface area contributed by atoms with E-state index < -0.39 is 12.6 Å². The van der Waals surface area contributed by atoms with Crippen molar-refractivity contribution >= 4 is 11.6 Å². The summed E-state index contributed by atoms with van der Waals surface area (Å²) in [6.07, 6.45) is 2.84. The van der Waals surface area contributed by atoms with Crippen LogP contribution in [0.1, 0.15) is 56.9 Å². The highest BCUT2D eigenvalue weighted by molar-refractivity contribution is 5.78. The highest BCUT2D eigenvalue weighted by Gasteiger charge is 2.30. The van der Waals surface area contributed by atoms with E-state index in [1.165, 1.54) is 12.0 Å². The number of piperazine rings is 1. The van der Waals surface area contributed by atoms with Crippen LogP contribution < -0.4 is 9.64 Å². The molecular weight excluding hydrogens is 419 g/mol. The van der Waals surface area contributed by atoms with Crippen LogP contribution >= 0.6 is 0 Å². The van der Waals surface area contributed by atoms with Crippen LogP contribution in [0.3, 0.4) is 0 Å². The normalized spacial score (nSPS) is 24.3.